The lowest BCUT2D eigenvalue weighted by atomic mass is 10.3. The van der Waals surface area contributed by atoms with Crippen LogP contribution in [0.25, 0.3) is 0 Å². The molecular formula is C10H14N2O6S2. The summed E-state index contributed by atoms with van der Waals surface area (Å²) in [6.45, 7) is 1.96. The molecule has 0 amide bonds. The third-order valence-corrected chi connectivity index (χ3v) is 4.97. The molecule has 8 nitrogen and oxygen atoms in total. The lowest BCUT2D eigenvalue weighted by Crippen LogP contribution is -2.26. The number of sulfonamides is 1. The number of esters is 1. The Morgan fingerprint density at radius 2 is 2.20 bits per heavy atom. The summed E-state index contributed by atoms with van der Waals surface area (Å²) >= 11 is 0.723. The van der Waals surface area contributed by atoms with Crippen molar-refractivity contribution < 1.29 is 27.9 Å². The summed E-state index contributed by atoms with van der Waals surface area (Å²) in [4.78, 5) is 25.4. The summed E-state index contributed by atoms with van der Waals surface area (Å²) in [7, 11) is -3.93. The van der Waals surface area contributed by atoms with Crippen molar-refractivity contribution in [2.75, 3.05) is 13.2 Å². The molecule has 0 aliphatic rings. The number of ether oxygens (including phenoxy) is 1. The van der Waals surface area contributed by atoms with Crippen LogP contribution >= 0.6 is 11.3 Å². The van der Waals surface area contributed by atoms with Gasteiger partial charge >= 0.3 is 11.9 Å². The zero-order valence-corrected chi connectivity index (χ0v) is 12.3. The van der Waals surface area contributed by atoms with Gasteiger partial charge in [-0.2, -0.15) is 0 Å². The molecular weight excluding hydrogens is 308 g/mol. The highest BCUT2D eigenvalue weighted by molar-refractivity contribution is 7.91. The van der Waals surface area contributed by atoms with Crippen molar-refractivity contribution in [1.29, 1.82) is 0 Å². The van der Waals surface area contributed by atoms with Gasteiger partial charge in [-0.1, -0.05) is 0 Å². The van der Waals surface area contributed by atoms with Crippen LogP contribution in [-0.2, 0) is 19.6 Å². The summed E-state index contributed by atoms with van der Waals surface area (Å²) in [5, 5.41) is 8.81. The minimum atomic E-state index is -3.93. The summed E-state index contributed by atoms with van der Waals surface area (Å²) in [5.74, 6) is -1.81. The monoisotopic (exact) mass is 322 g/mol. The van der Waals surface area contributed by atoms with Crippen LogP contribution in [-0.4, -0.2) is 43.6 Å². The minimum Gasteiger partial charge on any atom is -0.476 e. The molecule has 1 aromatic rings. The maximum atomic E-state index is 11.9. The quantitative estimate of drug-likeness (QED) is 0.526. The third kappa shape index (κ3) is 4.54. The Balaban J connectivity index is 2.56. The van der Waals surface area contributed by atoms with Crippen LogP contribution in [0.4, 0.5) is 0 Å². The number of carboxylic acid groups (broad SMARTS) is 1. The fourth-order valence-electron chi connectivity index (χ4n) is 1.31. The molecule has 20 heavy (non-hydrogen) atoms. The van der Waals surface area contributed by atoms with E-state index in [0.717, 1.165) is 16.8 Å². The molecule has 1 aromatic heterocycles. The molecule has 0 saturated carbocycles. The van der Waals surface area contributed by atoms with Gasteiger partial charge in [0.15, 0.2) is 9.90 Å². The molecule has 0 aliphatic heterocycles. The van der Waals surface area contributed by atoms with Gasteiger partial charge in [-0.25, -0.2) is 22.9 Å². The maximum absolute atomic E-state index is 11.9. The normalized spacial score (nSPS) is 11.2. The summed E-state index contributed by atoms with van der Waals surface area (Å²) in [5.41, 5.74) is 0.643. The molecule has 0 radical (unpaired) electrons. The van der Waals surface area contributed by atoms with Crippen molar-refractivity contribution in [2.45, 2.75) is 24.0 Å². The zero-order valence-electron chi connectivity index (χ0n) is 10.7. The smallest absolute Gasteiger partial charge is 0.356 e. The minimum absolute atomic E-state index is 0.0120. The summed E-state index contributed by atoms with van der Waals surface area (Å²) < 4.78 is 30.3. The largest absolute Gasteiger partial charge is 0.476 e. The molecule has 0 aliphatic carbocycles. The van der Waals surface area contributed by atoms with Crippen LogP contribution in [0, 0.1) is 0 Å². The highest BCUT2D eigenvalue weighted by Crippen LogP contribution is 2.19. The molecule has 112 valence electrons. The van der Waals surface area contributed by atoms with E-state index in [4.69, 9.17) is 9.84 Å². The van der Waals surface area contributed by atoms with Gasteiger partial charge in [0.25, 0.3) is 10.0 Å². The van der Waals surface area contributed by atoms with Gasteiger partial charge in [-0.05, 0) is 13.3 Å². The molecule has 0 fully saturated rings. The van der Waals surface area contributed by atoms with Crippen molar-refractivity contribution in [1.82, 2.24) is 9.71 Å². The van der Waals surface area contributed by atoms with Gasteiger partial charge in [0.1, 0.15) is 0 Å². The highest BCUT2D eigenvalue weighted by Gasteiger charge is 2.25. The number of nitrogens with zero attached hydrogens (tertiary/aromatic N) is 1. The highest BCUT2D eigenvalue weighted by atomic mass is 32.2. The van der Waals surface area contributed by atoms with Crippen LogP contribution < -0.4 is 4.72 Å². The molecule has 0 aromatic carbocycles. The van der Waals surface area contributed by atoms with Crippen molar-refractivity contribution in [3.63, 3.8) is 0 Å². The molecule has 0 bridgehead atoms. The van der Waals surface area contributed by atoms with Gasteiger partial charge in [-0.15, -0.1) is 11.3 Å². The second-order valence-electron chi connectivity index (χ2n) is 3.60. The first-order valence-corrected chi connectivity index (χ1v) is 8.06. The van der Waals surface area contributed by atoms with E-state index in [-0.39, 0.29) is 30.2 Å². The van der Waals surface area contributed by atoms with E-state index in [2.05, 4.69) is 9.71 Å². The number of aromatic nitrogens is 1. The van der Waals surface area contributed by atoms with E-state index in [1.807, 2.05) is 0 Å². The van der Waals surface area contributed by atoms with Crippen molar-refractivity contribution in [3.05, 3.63) is 11.2 Å². The van der Waals surface area contributed by atoms with Crippen LogP contribution in [0.1, 0.15) is 30.3 Å². The van der Waals surface area contributed by atoms with Gasteiger partial charge in [0, 0.05) is 13.0 Å². The fraction of sp³-hybridized carbons (Fsp3) is 0.500. The number of rotatable bonds is 8. The van der Waals surface area contributed by atoms with Crippen LogP contribution in [0.2, 0.25) is 0 Å². The molecule has 1 heterocycles. The summed E-state index contributed by atoms with van der Waals surface area (Å²) in [6, 6.07) is 0. The van der Waals surface area contributed by atoms with Crippen molar-refractivity contribution in [3.8, 4) is 0 Å². The Kier molecular flexibility index (Phi) is 6.05. The Morgan fingerprint density at radius 1 is 1.50 bits per heavy atom. The predicted molar refractivity (Wildman–Crippen MR) is 70.1 cm³/mol. The number of carboxylic acids is 1. The lowest BCUT2D eigenvalue weighted by molar-refractivity contribution is -0.143. The standard InChI is InChI=1S/C10H14N2O6S2/c1-2-18-7(13)4-3-5-12-20(16,17)10-8(9(14)15)11-6-19-10/h6,12H,2-5H2,1H3,(H,14,15). The number of nitrogens with one attached hydrogen (secondary N) is 1. The molecule has 0 unspecified atom stereocenters. The first kappa shape index (κ1) is 16.5. The second kappa shape index (κ2) is 7.31. The first-order chi connectivity index (χ1) is 9.38. The molecule has 0 saturated heterocycles. The average Bonchev–Trinajstić information content (AvgIpc) is 2.85. The van der Waals surface area contributed by atoms with Gasteiger partial charge in [0.05, 0.1) is 12.1 Å². The van der Waals surface area contributed by atoms with E-state index in [9.17, 15) is 18.0 Å². The van der Waals surface area contributed by atoms with Crippen LogP contribution in [0.3, 0.4) is 0 Å². The Labute approximate surface area is 119 Å². The topological polar surface area (TPSA) is 123 Å². The number of aromatic carboxylic acids is 1. The van der Waals surface area contributed by atoms with Gasteiger partial charge < -0.3 is 9.84 Å². The third-order valence-electron chi connectivity index (χ3n) is 2.14. The Hall–Kier alpha value is -1.52. The van der Waals surface area contributed by atoms with Crippen molar-refractivity contribution in [2.24, 2.45) is 0 Å². The number of carbonyl (C=O) groups is 2. The Bertz CT molecular complexity index is 580. The number of carbonyl (C=O) groups excluding carboxylic acids is 1. The second-order valence-corrected chi connectivity index (χ2v) is 6.42. The van der Waals surface area contributed by atoms with Gasteiger partial charge in [0.2, 0.25) is 0 Å². The number of hydrogen-bond donors (Lipinski definition) is 2. The van der Waals surface area contributed by atoms with Gasteiger partial charge in [-0.3, -0.25) is 4.79 Å². The van der Waals surface area contributed by atoms with E-state index < -0.39 is 27.7 Å². The first-order valence-electron chi connectivity index (χ1n) is 5.70. The zero-order chi connectivity index (χ0) is 15.2. The molecule has 10 heteroatoms. The predicted octanol–water partition coefficient (Wildman–Crippen LogP) is 0.463. The molecule has 1 rings (SSSR count). The van der Waals surface area contributed by atoms with E-state index in [1.54, 1.807) is 6.92 Å². The van der Waals surface area contributed by atoms with E-state index in [0.29, 0.717) is 0 Å². The van der Waals surface area contributed by atoms with Crippen LogP contribution in [0.15, 0.2) is 9.72 Å². The Morgan fingerprint density at radius 3 is 2.80 bits per heavy atom. The fourth-order valence-corrected chi connectivity index (χ4v) is 3.56. The molecule has 0 spiro atoms. The maximum Gasteiger partial charge on any atom is 0.356 e. The lowest BCUT2D eigenvalue weighted by Gasteiger charge is -2.05. The van der Waals surface area contributed by atoms with E-state index in [1.165, 1.54) is 0 Å². The summed E-state index contributed by atoms with van der Waals surface area (Å²) in [6.07, 6.45) is 0.351. The van der Waals surface area contributed by atoms with Crippen molar-refractivity contribution >= 4 is 33.3 Å². The number of thiazole rings is 1. The molecule has 2 N–H and O–H groups in total. The number of hydrogen-bond acceptors (Lipinski definition) is 7. The SMILES string of the molecule is CCOC(=O)CCCNS(=O)(=O)c1scnc1C(=O)O. The average molecular weight is 322 g/mol. The van der Waals surface area contributed by atoms with Crippen LogP contribution in [0.5, 0.6) is 0 Å². The van der Waals surface area contributed by atoms with E-state index >= 15 is 0 Å². The molecule has 0 atom stereocenters.